The van der Waals surface area contributed by atoms with E-state index in [0.29, 0.717) is 6.04 Å². The van der Waals surface area contributed by atoms with Gasteiger partial charge in [-0.25, -0.2) is 0 Å². The van der Waals surface area contributed by atoms with Gasteiger partial charge in [0.2, 0.25) is 5.91 Å². The van der Waals surface area contributed by atoms with Gasteiger partial charge in [-0.1, -0.05) is 26.0 Å². The Bertz CT molecular complexity index is 446. The number of amides is 1. The molecule has 118 valence electrons. The van der Waals surface area contributed by atoms with Crippen molar-refractivity contribution in [1.29, 1.82) is 0 Å². The highest BCUT2D eigenvalue weighted by Crippen LogP contribution is 2.26. The van der Waals surface area contributed by atoms with Crippen molar-refractivity contribution in [1.82, 2.24) is 10.6 Å². The van der Waals surface area contributed by atoms with E-state index in [4.69, 9.17) is 0 Å². The van der Waals surface area contributed by atoms with Crippen LogP contribution >= 0.6 is 11.8 Å². The Kier molecular flexibility index (Phi) is 7.83. The zero-order chi connectivity index (χ0) is 15.8. The van der Waals surface area contributed by atoms with E-state index in [9.17, 15) is 4.79 Å². The normalized spacial score (nSPS) is 14.0. The largest absolute Gasteiger partial charge is 0.352 e. The lowest BCUT2D eigenvalue weighted by atomic mass is 10.1. The molecule has 4 heteroatoms. The third-order valence-corrected chi connectivity index (χ3v) is 4.90. The summed E-state index contributed by atoms with van der Waals surface area (Å²) in [6.07, 6.45) is 1.96. The van der Waals surface area contributed by atoms with Crippen LogP contribution in [-0.2, 0) is 4.79 Å². The van der Waals surface area contributed by atoms with Crippen molar-refractivity contribution < 1.29 is 4.79 Å². The Morgan fingerprint density at radius 1 is 1.24 bits per heavy atom. The molecule has 0 bridgehead atoms. The second-order valence-corrected chi connectivity index (χ2v) is 6.78. The summed E-state index contributed by atoms with van der Waals surface area (Å²) in [5, 5.41) is 6.27. The molecular weight excluding hydrogens is 280 g/mol. The van der Waals surface area contributed by atoms with Gasteiger partial charge in [0.25, 0.3) is 0 Å². The number of benzene rings is 1. The van der Waals surface area contributed by atoms with Gasteiger partial charge in [0.15, 0.2) is 0 Å². The Morgan fingerprint density at radius 3 is 2.48 bits per heavy atom. The van der Waals surface area contributed by atoms with Crippen LogP contribution in [0.3, 0.4) is 0 Å². The lowest BCUT2D eigenvalue weighted by Crippen LogP contribution is -2.38. The van der Waals surface area contributed by atoms with E-state index in [1.807, 2.05) is 14.0 Å². The van der Waals surface area contributed by atoms with Gasteiger partial charge in [0.1, 0.15) is 0 Å². The van der Waals surface area contributed by atoms with Gasteiger partial charge >= 0.3 is 0 Å². The smallest absolute Gasteiger partial charge is 0.233 e. The van der Waals surface area contributed by atoms with Crippen molar-refractivity contribution in [3.05, 3.63) is 29.8 Å². The number of nitrogens with one attached hydrogen (secondary N) is 2. The molecule has 1 amide bonds. The number of carbonyl (C=O) groups excluding carboxylic acids is 1. The van der Waals surface area contributed by atoms with Crippen LogP contribution in [0.1, 0.15) is 52.1 Å². The summed E-state index contributed by atoms with van der Waals surface area (Å²) >= 11 is 1.62. The molecule has 0 aliphatic heterocycles. The molecule has 1 rings (SSSR count). The number of hydrogen-bond acceptors (Lipinski definition) is 3. The molecule has 0 radical (unpaired) electrons. The van der Waals surface area contributed by atoms with E-state index in [1.54, 1.807) is 11.8 Å². The van der Waals surface area contributed by atoms with Gasteiger partial charge in [-0.05, 0) is 51.4 Å². The van der Waals surface area contributed by atoms with E-state index in [-0.39, 0.29) is 17.2 Å². The molecule has 0 aliphatic carbocycles. The van der Waals surface area contributed by atoms with Crippen molar-refractivity contribution >= 4 is 17.7 Å². The SMILES string of the molecule is CCC(CC)NC(=O)C(C)Sc1cccc(C(C)NC)c1. The second kappa shape index (κ2) is 9.11. The van der Waals surface area contributed by atoms with E-state index < -0.39 is 0 Å². The van der Waals surface area contributed by atoms with Crippen LogP contribution in [0.5, 0.6) is 0 Å². The topological polar surface area (TPSA) is 41.1 Å². The predicted molar refractivity (Wildman–Crippen MR) is 91.7 cm³/mol. The Labute approximate surface area is 133 Å². The minimum atomic E-state index is -0.0780. The second-order valence-electron chi connectivity index (χ2n) is 5.36. The summed E-state index contributed by atoms with van der Waals surface area (Å²) in [7, 11) is 1.95. The molecule has 0 fully saturated rings. The fourth-order valence-electron chi connectivity index (χ4n) is 2.09. The lowest BCUT2D eigenvalue weighted by Gasteiger charge is -2.18. The average Bonchev–Trinajstić information content (AvgIpc) is 2.51. The number of carbonyl (C=O) groups is 1. The van der Waals surface area contributed by atoms with Gasteiger partial charge in [-0.15, -0.1) is 11.8 Å². The van der Waals surface area contributed by atoms with Crippen molar-refractivity contribution in [3.63, 3.8) is 0 Å². The summed E-state index contributed by atoms with van der Waals surface area (Å²) in [5.74, 6) is 0.126. The van der Waals surface area contributed by atoms with Crippen molar-refractivity contribution in [2.75, 3.05) is 7.05 Å². The summed E-state index contributed by atoms with van der Waals surface area (Å²) in [5.41, 5.74) is 1.25. The van der Waals surface area contributed by atoms with E-state index in [2.05, 4.69) is 55.7 Å². The summed E-state index contributed by atoms with van der Waals surface area (Å²) in [6, 6.07) is 9.00. The van der Waals surface area contributed by atoms with Crippen LogP contribution in [0.2, 0.25) is 0 Å². The quantitative estimate of drug-likeness (QED) is 0.719. The average molecular weight is 308 g/mol. The van der Waals surface area contributed by atoms with Gasteiger partial charge < -0.3 is 10.6 Å². The molecule has 1 aromatic rings. The molecule has 3 nitrogen and oxygen atoms in total. The molecule has 21 heavy (non-hydrogen) atoms. The zero-order valence-corrected chi connectivity index (χ0v) is 14.6. The van der Waals surface area contributed by atoms with Crippen LogP contribution in [0.25, 0.3) is 0 Å². The summed E-state index contributed by atoms with van der Waals surface area (Å²) < 4.78 is 0. The summed E-state index contributed by atoms with van der Waals surface area (Å²) in [4.78, 5) is 13.3. The molecular formula is C17H28N2OS. The Hall–Kier alpha value is -1.00. The minimum Gasteiger partial charge on any atom is -0.352 e. The Balaban J connectivity index is 2.65. The highest BCUT2D eigenvalue weighted by atomic mass is 32.2. The molecule has 0 aromatic heterocycles. The van der Waals surface area contributed by atoms with E-state index in [1.165, 1.54) is 5.56 Å². The molecule has 1 aromatic carbocycles. The fourth-order valence-corrected chi connectivity index (χ4v) is 3.04. The molecule has 2 atom stereocenters. The first-order chi connectivity index (χ1) is 10.0. The highest BCUT2D eigenvalue weighted by molar-refractivity contribution is 8.00. The first-order valence-corrected chi connectivity index (χ1v) is 8.64. The molecule has 0 saturated heterocycles. The highest BCUT2D eigenvalue weighted by Gasteiger charge is 2.17. The van der Waals surface area contributed by atoms with Crippen molar-refractivity contribution in [2.45, 2.75) is 62.8 Å². The first kappa shape index (κ1) is 18.1. The third kappa shape index (κ3) is 5.71. The predicted octanol–water partition coefficient (Wildman–Crippen LogP) is 3.75. The van der Waals surface area contributed by atoms with Crippen molar-refractivity contribution in [2.24, 2.45) is 0 Å². The standard InChI is InChI=1S/C17H28N2OS/c1-6-15(7-2)19-17(20)13(4)21-16-10-8-9-14(11-16)12(3)18-5/h8-13,15,18H,6-7H2,1-5H3,(H,19,20). The maximum Gasteiger partial charge on any atom is 0.233 e. The van der Waals surface area contributed by atoms with Crippen LogP contribution in [0.15, 0.2) is 29.2 Å². The molecule has 2 N–H and O–H groups in total. The molecule has 2 unspecified atom stereocenters. The maximum atomic E-state index is 12.2. The van der Waals surface area contributed by atoms with Crippen LogP contribution in [-0.4, -0.2) is 24.2 Å². The van der Waals surface area contributed by atoms with Gasteiger partial charge in [0.05, 0.1) is 5.25 Å². The zero-order valence-electron chi connectivity index (χ0n) is 13.8. The fraction of sp³-hybridized carbons (Fsp3) is 0.588. The third-order valence-electron chi connectivity index (χ3n) is 3.81. The Morgan fingerprint density at radius 2 is 1.90 bits per heavy atom. The number of hydrogen-bond donors (Lipinski definition) is 2. The van der Waals surface area contributed by atoms with Crippen LogP contribution in [0, 0.1) is 0 Å². The monoisotopic (exact) mass is 308 g/mol. The van der Waals surface area contributed by atoms with E-state index >= 15 is 0 Å². The van der Waals surface area contributed by atoms with Gasteiger partial charge in [-0.2, -0.15) is 0 Å². The van der Waals surface area contributed by atoms with Crippen LogP contribution < -0.4 is 10.6 Å². The lowest BCUT2D eigenvalue weighted by molar-refractivity contribution is -0.121. The first-order valence-electron chi connectivity index (χ1n) is 7.76. The molecule has 0 spiro atoms. The molecule has 0 aliphatic rings. The summed E-state index contributed by atoms with van der Waals surface area (Å²) in [6.45, 7) is 8.31. The minimum absolute atomic E-state index is 0.0780. The number of thioether (sulfide) groups is 1. The maximum absolute atomic E-state index is 12.2. The van der Waals surface area contributed by atoms with Gasteiger partial charge in [0, 0.05) is 17.0 Å². The van der Waals surface area contributed by atoms with Crippen LogP contribution in [0.4, 0.5) is 0 Å². The molecule has 0 saturated carbocycles. The van der Waals surface area contributed by atoms with E-state index in [0.717, 1.165) is 17.7 Å². The van der Waals surface area contributed by atoms with Gasteiger partial charge in [-0.3, -0.25) is 4.79 Å². The number of rotatable bonds is 8. The molecule has 0 heterocycles. The van der Waals surface area contributed by atoms with Crippen molar-refractivity contribution in [3.8, 4) is 0 Å².